The second kappa shape index (κ2) is 8.57. The third-order valence-electron chi connectivity index (χ3n) is 8.93. The zero-order valence-corrected chi connectivity index (χ0v) is 20.3. The molecule has 1 atom stereocenters. The van der Waals surface area contributed by atoms with Crippen LogP contribution < -0.4 is 0 Å². The summed E-state index contributed by atoms with van der Waals surface area (Å²) in [5.74, 6) is 2.62. The van der Waals surface area contributed by atoms with E-state index in [0.717, 1.165) is 49.9 Å². The van der Waals surface area contributed by atoms with Gasteiger partial charge in [0.25, 0.3) is 0 Å². The van der Waals surface area contributed by atoms with Crippen LogP contribution in [0.5, 0.6) is 0 Å². The topological polar surface area (TPSA) is 78.0 Å². The Morgan fingerprint density at radius 3 is 1.97 bits per heavy atom. The first kappa shape index (κ1) is 22.6. The van der Waals surface area contributed by atoms with E-state index in [-0.39, 0.29) is 17.1 Å². The first-order valence-electron chi connectivity index (χ1n) is 12.9. The minimum absolute atomic E-state index is 0.0636. The fraction of sp³-hybridized carbons (Fsp3) is 0.917. The van der Waals surface area contributed by atoms with E-state index in [2.05, 4.69) is 0 Å². The highest BCUT2D eigenvalue weighted by Crippen LogP contribution is 2.60. The summed E-state index contributed by atoms with van der Waals surface area (Å²) in [4.78, 5) is 30.8. The number of sulfonamides is 1. The summed E-state index contributed by atoms with van der Waals surface area (Å²) in [5, 5.41) is 0. The highest BCUT2D eigenvalue weighted by atomic mass is 32.2. The van der Waals surface area contributed by atoms with Crippen LogP contribution in [-0.4, -0.2) is 78.9 Å². The van der Waals surface area contributed by atoms with Crippen molar-refractivity contribution in [3.63, 3.8) is 0 Å². The van der Waals surface area contributed by atoms with Gasteiger partial charge in [0.15, 0.2) is 0 Å². The van der Waals surface area contributed by atoms with Crippen LogP contribution >= 0.6 is 0 Å². The van der Waals surface area contributed by atoms with Crippen molar-refractivity contribution < 1.29 is 18.0 Å². The van der Waals surface area contributed by atoms with E-state index in [4.69, 9.17) is 0 Å². The van der Waals surface area contributed by atoms with E-state index in [1.54, 1.807) is 0 Å². The molecule has 6 fully saturated rings. The van der Waals surface area contributed by atoms with Gasteiger partial charge in [-0.05, 0) is 75.5 Å². The Balaban J connectivity index is 1.22. The molecular weight excluding hydrogens is 426 g/mol. The van der Waals surface area contributed by atoms with Gasteiger partial charge in [-0.25, -0.2) is 8.42 Å². The van der Waals surface area contributed by atoms with E-state index in [9.17, 15) is 18.0 Å². The molecule has 4 aliphatic carbocycles. The number of piperazine rings is 1. The molecule has 32 heavy (non-hydrogen) atoms. The Bertz CT molecular complexity index is 814. The molecule has 0 aromatic rings. The maximum Gasteiger partial charge on any atom is 0.241 e. The maximum absolute atomic E-state index is 13.6. The third kappa shape index (κ3) is 3.99. The first-order chi connectivity index (χ1) is 15.3. The second-order valence-electron chi connectivity index (χ2n) is 11.3. The molecule has 0 aromatic carbocycles. The van der Waals surface area contributed by atoms with Crippen molar-refractivity contribution in [2.24, 2.45) is 23.2 Å². The largest absolute Gasteiger partial charge is 0.339 e. The van der Waals surface area contributed by atoms with Gasteiger partial charge in [0, 0.05) is 32.7 Å². The lowest BCUT2D eigenvalue weighted by Gasteiger charge is -2.57. The average Bonchev–Trinajstić information content (AvgIpc) is 2.77. The van der Waals surface area contributed by atoms with Gasteiger partial charge in [-0.1, -0.05) is 13.3 Å². The number of carbonyl (C=O) groups excluding carboxylic acids is 2. The Kier molecular flexibility index (Phi) is 6.06. The average molecular weight is 466 g/mol. The zero-order chi connectivity index (χ0) is 22.5. The monoisotopic (exact) mass is 465 g/mol. The Hall–Kier alpha value is -1.15. The molecule has 4 bridgehead atoms. The summed E-state index contributed by atoms with van der Waals surface area (Å²) in [6.07, 6.45) is 10.1. The SMILES string of the molecule is CCCS(=O)(=O)N1CCCCC1C(=O)N1CCN(C(=O)C23CC4CC(CC(C4)C2)C3)CC1. The first-order valence-corrected chi connectivity index (χ1v) is 14.5. The molecule has 2 aliphatic heterocycles. The van der Waals surface area contributed by atoms with Gasteiger partial charge in [-0.15, -0.1) is 0 Å². The van der Waals surface area contributed by atoms with Gasteiger partial charge in [0.2, 0.25) is 21.8 Å². The van der Waals surface area contributed by atoms with E-state index in [0.29, 0.717) is 51.5 Å². The lowest BCUT2D eigenvalue weighted by atomic mass is 9.49. The van der Waals surface area contributed by atoms with Crippen LogP contribution in [0.15, 0.2) is 0 Å². The van der Waals surface area contributed by atoms with Crippen molar-refractivity contribution in [1.82, 2.24) is 14.1 Å². The second-order valence-corrected chi connectivity index (χ2v) is 13.3. The molecule has 4 saturated carbocycles. The lowest BCUT2D eigenvalue weighted by Crippen LogP contribution is -2.60. The molecule has 6 rings (SSSR count). The van der Waals surface area contributed by atoms with Crippen molar-refractivity contribution in [1.29, 1.82) is 0 Å². The van der Waals surface area contributed by atoms with E-state index < -0.39 is 16.1 Å². The molecular formula is C24H39N3O4S. The molecule has 0 aromatic heterocycles. The van der Waals surface area contributed by atoms with E-state index in [1.165, 1.54) is 23.6 Å². The third-order valence-corrected chi connectivity index (χ3v) is 11.0. The summed E-state index contributed by atoms with van der Waals surface area (Å²) in [5.41, 5.74) is -0.130. The van der Waals surface area contributed by atoms with Crippen LogP contribution in [0, 0.1) is 23.2 Å². The molecule has 180 valence electrons. The minimum Gasteiger partial charge on any atom is -0.339 e. The van der Waals surface area contributed by atoms with Crippen molar-refractivity contribution in [2.45, 2.75) is 77.2 Å². The number of piperidine rings is 1. The van der Waals surface area contributed by atoms with Crippen LogP contribution in [0.4, 0.5) is 0 Å². The number of nitrogens with zero attached hydrogens (tertiary/aromatic N) is 3. The van der Waals surface area contributed by atoms with Crippen molar-refractivity contribution in [3.8, 4) is 0 Å². The summed E-state index contributed by atoms with van der Waals surface area (Å²) in [7, 11) is -3.40. The zero-order valence-electron chi connectivity index (χ0n) is 19.5. The smallest absolute Gasteiger partial charge is 0.241 e. The van der Waals surface area contributed by atoms with Crippen LogP contribution in [0.2, 0.25) is 0 Å². The van der Waals surface area contributed by atoms with Crippen LogP contribution in [-0.2, 0) is 19.6 Å². The molecule has 6 aliphatic rings. The Morgan fingerprint density at radius 2 is 1.41 bits per heavy atom. The predicted molar refractivity (Wildman–Crippen MR) is 122 cm³/mol. The summed E-state index contributed by atoms with van der Waals surface area (Å²) < 4.78 is 26.9. The normalized spacial score (nSPS) is 37.7. The molecule has 8 heteroatoms. The molecule has 7 nitrogen and oxygen atoms in total. The van der Waals surface area contributed by atoms with E-state index >= 15 is 0 Å². The van der Waals surface area contributed by atoms with Gasteiger partial charge >= 0.3 is 0 Å². The lowest BCUT2D eigenvalue weighted by molar-refractivity contribution is -0.161. The standard InChI is InChI=1S/C24H39N3O4S/c1-2-11-32(30,31)27-6-4-3-5-21(27)22(28)25-7-9-26(10-8-25)23(29)24-15-18-12-19(16-24)14-20(13-18)17-24/h18-21H,2-17H2,1H3. The van der Waals surface area contributed by atoms with Gasteiger partial charge in [-0.3, -0.25) is 9.59 Å². The van der Waals surface area contributed by atoms with Crippen LogP contribution in [0.3, 0.4) is 0 Å². The fourth-order valence-corrected chi connectivity index (χ4v) is 9.65. The van der Waals surface area contributed by atoms with Gasteiger partial charge in [0.05, 0.1) is 11.2 Å². The minimum atomic E-state index is -3.40. The summed E-state index contributed by atoms with van der Waals surface area (Å²) >= 11 is 0. The summed E-state index contributed by atoms with van der Waals surface area (Å²) in [6.45, 7) is 4.52. The van der Waals surface area contributed by atoms with Crippen molar-refractivity contribution >= 4 is 21.8 Å². The van der Waals surface area contributed by atoms with Gasteiger partial charge < -0.3 is 9.80 Å². The number of hydrogen-bond acceptors (Lipinski definition) is 4. The molecule has 0 spiro atoms. The van der Waals surface area contributed by atoms with Crippen LogP contribution in [0.1, 0.15) is 71.1 Å². The maximum atomic E-state index is 13.6. The van der Waals surface area contributed by atoms with Gasteiger partial charge in [0.1, 0.15) is 6.04 Å². The van der Waals surface area contributed by atoms with Crippen molar-refractivity contribution in [3.05, 3.63) is 0 Å². The number of amides is 2. The quantitative estimate of drug-likeness (QED) is 0.625. The highest BCUT2D eigenvalue weighted by molar-refractivity contribution is 7.89. The molecule has 2 saturated heterocycles. The number of hydrogen-bond donors (Lipinski definition) is 0. The summed E-state index contributed by atoms with van der Waals surface area (Å²) in [6, 6.07) is -0.564. The van der Waals surface area contributed by atoms with E-state index in [1.807, 2.05) is 16.7 Å². The number of rotatable bonds is 5. The van der Waals surface area contributed by atoms with Gasteiger partial charge in [-0.2, -0.15) is 4.31 Å². The van der Waals surface area contributed by atoms with Crippen LogP contribution in [0.25, 0.3) is 0 Å². The molecule has 0 N–H and O–H groups in total. The molecule has 0 radical (unpaired) electrons. The molecule has 2 heterocycles. The van der Waals surface area contributed by atoms with Crippen molar-refractivity contribution in [2.75, 3.05) is 38.5 Å². The Labute approximate surface area is 192 Å². The predicted octanol–water partition coefficient (Wildman–Crippen LogP) is 2.47. The highest BCUT2D eigenvalue weighted by Gasteiger charge is 2.55. The molecule has 2 amide bonds. The molecule has 1 unspecified atom stereocenters. The fourth-order valence-electron chi connectivity index (χ4n) is 7.91. The Morgan fingerprint density at radius 1 is 0.844 bits per heavy atom. The number of carbonyl (C=O) groups is 2.